The molecule has 0 radical (unpaired) electrons. The van der Waals surface area contributed by atoms with Crippen LogP contribution in [0.25, 0.3) is 0 Å². The van der Waals surface area contributed by atoms with E-state index in [1.807, 2.05) is 23.9 Å². The highest BCUT2D eigenvalue weighted by molar-refractivity contribution is 9.10. The molecule has 1 unspecified atom stereocenters. The van der Waals surface area contributed by atoms with Gasteiger partial charge in [0.25, 0.3) is 0 Å². The number of imidazole rings is 1. The number of nitrogens with zero attached hydrogens (tertiary/aromatic N) is 5. The first kappa shape index (κ1) is 31.2. The van der Waals surface area contributed by atoms with Gasteiger partial charge in [-0.15, -0.1) is 0 Å². The fourth-order valence-corrected chi connectivity index (χ4v) is 8.16. The van der Waals surface area contributed by atoms with Crippen molar-refractivity contribution in [3.8, 4) is 0 Å². The normalized spacial score (nSPS) is 22.5. The zero-order valence-corrected chi connectivity index (χ0v) is 28.4. The van der Waals surface area contributed by atoms with Crippen LogP contribution in [0.2, 0.25) is 0 Å². The van der Waals surface area contributed by atoms with Crippen LogP contribution in [0.15, 0.2) is 58.1 Å². The zero-order valence-electron chi connectivity index (χ0n) is 25.3. The molecule has 2 N–H and O–H groups in total. The molecule has 44 heavy (non-hydrogen) atoms. The minimum absolute atomic E-state index is 0.128. The molecule has 3 aliphatic rings. The fourth-order valence-electron chi connectivity index (χ4n) is 7.15. The minimum Gasteiger partial charge on any atom is -0.354 e. The third-order valence-corrected chi connectivity index (χ3v) is 10.6. The Labute approximate surface area is 276 Å². The Morgan fingerprint density at radius 2 is 1.91 bits per heavy atom. The molecule has 3 amide bonds. The van der Waals surface area contributed by atoms with E-state index in [-0.39, 0.29) is 24.0 Å². The Bertz CT molecular complexity index is 1480. The van der Waals surface area contributed by atoms with E-state index in [9.17, 15) is 9.59 Å². The second-order valence-electron chi connectivity index (χ2n) is 12.5. The molecular weight excluding hydrogens is 686 g/mol. The lowest BCUT2D eigenvalue weighted by atomic mass is 9.90. The molecule has 234 valence electrons. The molecule has 3 aromatic rings. The van der Waals surface area contributed by atoms with Gasteiger partial charge in [0.2, 0.25) is 5.91 Å². The first-order valence-electron chi connectivity index (χ1n) is 15.8. The van der Waals surface area contributed by atoms with Crippen molar-refractivity contribution in [2.45, 2.75) is 82.5 Å². The third kappa shape index (κ3) is 6.60. The van der Waals surface area contributed by atoms with Crippen LogP contribution in [0.5, 0.6) is 0 Å². The molecule has 0 spiro atoms. The van der Waals surface area contributed by atoms with Crippen molar-refractivity contribution in [1.82, 2.24) is 35.0 Å². The van der Waals surface area contributed by atoms with Crippen molar-refractivity contribution in [3.05, 3.63) is 80.5 Å². The molecule has 2 fully saturated rings. The van der Waals surface area contributed by atoms with Crippen LogP contribution in [-0.2, 0) is 24.2 Å². The lowest BCUT2D eigenvalue weighted by molar-refractivity contribution is -0.135. The second-order valence-corrected chi connectivity index (χ2v) is 14.3. The number of fused-ring (bicyclic) bond motifs is 2. The van der Waals surface area contributed by atoms with Crippen LogP contribution in [0.3, 0.4) is 0 Å². The summed E-state index contributed by atoms with van der Waals surface area (Å²) in [4.78, 5) is 41.3. The lowest BCUT2D eigenvalue weighted by Crippen LogP contribution is -2.70. The molecule has 1 aliphatic heterocycles. The first-order valence-corrected chi connectivity index (χ1v) is 17.4. The number of hydrogen-bond donors (Lipinski definition) is 2. The van der Waals surface area contributed by atoms with Crippen molar-refractivity contribution in [3.63, 3.8) is 0 Å². The molecule has 2 atom stereocenters. The average molecular weight is 728 g/mol. The topological polar surface area (TPSA) is 95.4 Å². The zero-order chi connectivity index (χ0) is 30.7. The number of halogens is 2. The summed E-state index contributed by atoms with van der Waals surface area (Å²) in [5.41, 5.74) is 3.62. The summed E-state index contributed by atoms with van der Waals surface area (Å²) in [5, 5.41) is 6.47. The van der Waals surface area contributed by atoms with Gasteiger partial charge in [0, 0.05) is 66.3 Å². The van der Waals surface area contributed by atoms with Crippen LogP contribution in [0, 0.1) is 0 Å². The number of benzene rings is 1. The summed E-state index contributed by atoms with van der Waals surface area (Å²) in [7, 11) is 0. The van der Waals surface area contributed by atoms with Gasteiger partial charge in [-0.1, -0.05) is 47.3 Å². The van der Waals surface area contributed by atoms with Crippen LogP contribution < -0.4 is 10.6 Å². The molecule has 1 saturated heterocycles. The third-order valence-electron chi connectivity index (χ3n) is 9.50. The van der Waals surface area contributed by atoms with Crippen LogP contribution in [-0.4, -0.2) is 74.0 Å². The Kier molecular flexibility index (Phi) is 9.73. The Morgan fingerprint density at radius 1 is 1.09 bits per heavy atom. The smallest absolute Gasteiger partial charge is 0.318 e. The Balaban J connectivity index is 1.30. The van der Waals surface area contributed by atoms with Crippen molar-refractivity contribution >= 4 is 43.8 Å². The number of urea groups is 1. The average Bonchev–Trinajstić information content (AvgIpc) is 3.48. The number of hydrogen-bond acceptors (Lipinski definition) is 5. The second kappa shape index (κ2) is 13.7. The van der Waals surface area contributed by atoms with Gasteiger partial charge in [0.05, 0.1) is 18.1 Å². The highest BCUT2D eigenvalue weighted by Gasteiger charge is 2.49. The van der Waals surface area contributed by atoms with E-state index in [1.54, 1.807) is 17.4 Å². The van der Waals surface area contributed by atoms with Gasteiger partial charge in [-0.3, -0.25) is 14.7 Å². The maximum absolute atomic E-state index is 14.2. The van der Waals surface area contributed by atoms with Crippen LogP contribution >= 0.6 is 31.9 Å². The van der Waals surface area contributed by atoms with Gasteiger partial charge in [-0.05, 0) is 83.8 Å². The van der Waals surface area contributed by atoms with Crippen molar-refractivity contribution in [2.75, 3.05) is 26.2 Å². The lowest BCUT2D eigenvalue weighted by Gasteiger charge is -2.50. The number of nitrogens with one attached hydrogen (secondary N) is 2. The maximum Gasteiger partial charge on any atom is 0.318 e. The quantitative estimate of drug-likeness (QED) is 0.309. The first-order chi connectivity index (χ1) is 21.3. The number of aromatic nitrogens is 3. The monoisotopic (exact) mass is 725 g/mol. The molecule has 11 heteroatoms. The molecule has 0 bridgehead atoms. The summed E-state index contributed by atoms with van der Waals surface area (Å²) in [5.74, 6) is -0.128. The van der Waals surface area contributed by atoms with E-state index < -0.39 is 5.54 Å². The summed E-state index contributed by atoms with van der Waals surface area (Å²) in [6, 6.07) is 8.43. The van der Waals surface area contributed by atoms with Gasteiger partial charge in [-0.2, -0.15) is 0 Å². The summed E-state index contributed by atoms with van der Waals surface area (Å²) < 4.78 is 4.01. The molecule has 9 nitrogen and oxygen atoms in total. The van der Waals surface area contributed by atoms with Gasteiger partial charge < -0.3 is 20.1 Å². The maximum atomic E-state index is 14.2. The van der Waals surface area contributed by atoms with Gasteiger partial charge in [0.15, 0.2) is 0 Å². The highest BCUT2D eigenvalue weighted by atomic mass is 79.9. The predicted molar refractivity (Wildman–Crippen MR) is 177 cm³/mol. The van der Waals surface area contributed by atoms with E-state index in [1.165, 1.54) is 23.1 Å². The number of pyridine rings is 1. The Hall–Kier alpha value is -2.76. The summed E-state index contributed by atoms with van der Waals surface area (Å²) in [6.07, 6.45) is 15.4. The largest absolute Gasteiger partial charge is 0.354 e. The predicted octanol–water partition coefficient (Wildman–Crippen LogP) is 5.62. The van der Waals surface area contributed by atoms with E-state index in [0.717, 1.165) is 66.1 Å². The molecule has 2 aromatic heterocycles. The number of rotatable bonds is 7. The van der Waals surface area contributed by atoms with E-state index >= 15 is 0 Å². The number of carbonyl (C=O) groups excluding carboxylic acids is 2. The van der Waals surface area contributed by atoms with Gasteiger partial charge in [0.1, 0.15) is 5.54 Å². The van der Waals surface area contributed by atoms with Crippen molar-refractivity contribution in [2.24, 2.45) is 0 Å². The number of aryl methyl sites for hydroxylation is 3. The number of amides is 3. The summed E-state index contributed by atoms with van der Waals surface area (Å²) >= 11 is 7.50. The van der Waals surface area contributed by atoms with Crippen LogP contribution in [0.1, 0.15) is 73.9 Å². The minimum atomic E-state index is -1.07. The van der Waals surface area contributed by atoms with E-state index in [2.05, 4.69) is 76.6 Å². The number of piperazine rings is 1. The highest BCUT2D eigenvalue weighted by Crippen LogP contribution is 2.42. The van der Waals surface area contributed by atoms with Gasteiger partial charge in [-0.25, -0.2) is 9.78 Å². The molecular formula is C33H41Br2N7O2. The van der Waals surface area contributed by atoms with Crippen molar-refractivity contribution < 1.29 is 9.59 Å². The van der Waals surface area contributed by atoms with E-state index in [0.29, 0.717) is 26.2 Å². The molecule has 6 rings (SSSR count). The fraction of sp³-hybridized carbons (Fsp3) is 0.515. The SMILES string of the molecule is C[C@@]1(C(=O)NCCCn2ccnc2)CN(C2c3ncc(Br)cc3CCc3cccc(Br)c32)CCN1C(=O)NC1CCCCC1. The number of carbonyl (C=O) groups is 2. The molecule has 1 aromatic carbocycles. The van der Waals surface area contributed by atoms with Gasteiger partial charge >= 0.3 is 6.03 Å². The Morgan fingerprint density at radius 3 is 2.70 bits per heavy atom. The van der Waals surface area contributed by atoms with Crippen molar-refractivity contribution in [1.29, 1.82) is 0 Å². The standard InChI is InChI=1S/C33H41Br2N7O2/c1-33(31(43)37-13-6-15-40-16-14-36-22-40)21-41(17-18-42(33)32(44)39-26-8-3-2-4-9-26)30-28-23(7-5-10-27(28)35)11-12-24-19-25(34)20-38-29(24)30/h5,7,10,14,16,19-20,22,26,30H,2-4,6,8-9,11-13,15,17-18,21H2,1H3,(H,37,43)(H,39,44)/t30?,33-/m0/s1. The molecule has 3 heterocycles. The summed E-state index contributed by atoms with van der Waals surface area (Å²) in [6.45, 7) is 4.67. The molecule has 2 aliphatic carbocycles. The molecule has 1 saturated carbocycles. The van der Waals surface area contributed by atoms with E-state index in [4.69, 9.17) is 4.98 Å². The van der Waals surface area contributed by atoms with Crippen LogP contribution in [0.4, 0.5) is 4.79 Å².